The van der Waals surface area contributed by atoms with Crippen molar-refractivity contribution in [3.05, 3.63) is 23.8 Å². The number of aromatic nitrogens is 2. The molecule has 0 unspecified atom stereocenters. The molecule has 102 valence electrons. The van der Waals surface area contributed by atoms with Crippen molar-refractivity contribution < 1.29 is 4.48 Å². The molecule has 0 N–H and O–H groups in total. The quantitative estimate of drug-likeness (QED) is 0.728. The largest absolute Gasteiger partial charge is 0.343 e. The minimum atomic E-state index is 1.09. The molecule has 0 amide bonds. The van der Waals surface area contributed by atoms with Crippen LogP contribution < -0.4 is 4.90 Å². The molecule has 2 aromatic rings. The normalized spacial score (nSPS) is 19.1. The molecule has 0 saturated carbocycles. The van der Waals surface area contributed by atoms with Gasteiger partial charge in [0.15, 0.2) is 5.82 Å². The Balaban J connectivity index is 1.99. The summed E-state index contributed by atoms with van der Waals surface area (Å²) in [4.78, 5) is 2.44. The summed E-state index contributed by atoms with van der Waals surface area (Å²) in [5, 5.41) is 6.02. The van der Waals surface area contributed by atoms with Gasteiger partial charge in [0.25, 0.3) is 0 Å². The van der Waals surface area contributed by atoms with E-state index in [9.17, 15) is 0 Å². The van der Waals surface area contributed by atoms with E-state index in [2.05, 4.69) is 44.1 Å². The first-order valence-electron chi connectivity index (χ1n) is 6.97. The highest BCUT2D eigenvalue weighted by Gasteiger charge is 2.26. The average Bonchev–Trinajstić information content (AvgIpc) is 2.66. The Labute approximate surface area is 114 Å². The minimum absolute atomic E-state index is 1.09. The molecule has 1 aliphatic heterocycles. The summed E-state index contributed by atoms with van der Waals surface area (Å²) >= 11 is 0. The van der Waals surface area contributed by atoms with Crippen LogP contribution in [0.5, 0.6) is 0 Å². The molecule has 3 rings (SSSR count). The van der Waals surface area contributed by atoms with Gasteiger partial charge < -0.3 is 9.38 Å². The number of quaternary nitrogens is 1. The van der Waals surface area contributed by atoms with Gasteiger partial charge in [-0.1, -0.05) is 11.6 Å². The minimum Gasteiger partial charge on any atom is -0.343 e. The predicted octanol–water partition coefficient (Wildman–Crippen LogP) is 1.78. The number of benzene rings is 1. The van der Waals surface area contributed by atoms with E-state index in [1.807, 2.05) is 11.7 Å². The Morgan fingerprint density at radius 1 is 1.16 bits per heavy atom. The number of hydrogen-bond acceptors (Lipinski definition) is 2. The Morgan fingerprint density at radius 2 is 1.84 bits per heavy atom. The fourth-order valence-corrected chi connectivity index (χ4v) is 2.81. The maximum Gasteiger partial charge on any atom is 0.158 e. The van der Waals surface area contributed by atoms with Gasteiger partial charge in [0.05, 0.1) is 45.8 Å². The van der Waals surface area contributed by atoms with Gasteiger partial charge in [-0.15, -0.1) is 0 Å². The van der Waals surface area contributed by atoms with Gasteiger partial charge in [-0.25, -0.2) is 0 Å². The van der Waals surface area contributed by atoms with E-state index < -0.39 is 0 Å². The molecule has 1 saturated heterocycles. The van der Waals surface area contributed by atoms with Crippen molar-refractivity contribution in [2.75, 3.05) is 45.2 Å². The number of rotatable bonds is 1. The second kappa shape index (κ2) is 4.23. The molecule has 1 aliphatic rings. The standard InChI is InChI=1S/C15H23N4/c1-12-5-6-14-13(11-12)15(16-17(14)2)18-7-9-19(3,4)10-8-18/h5-6,11H,7-10H2,1-4H3/q+1. The lowest BCUT2D eigenvalue weighted by Gasteiger charge is -2.39. The van der Waals surface area contributed by atoms with Crippen molar-refractivity contribution in [2.24, 2.45) is 7.05 Å². The van der Waals surface area contributed by atoms with Crippen molar-refractivity contribution in [3.8, 4) is 0 Å². The number of hydrogen-bond donors (Lipinski definition) is 0. The van der Waals surface area contributed by atoms with Crippen LogP contribution in [-0.2, 0) is 7.05 Å². The molecule has 2 heterocycles. The van der Waals surface area contributed by atoms with Gasteiger partial charge in [-0.05, 0) is 19.1 Å². The monoisotopic (exact) mass is 259 g/mol. The van der Waals surface area contributed by atoms with Crippen molar-refractivity contribution in [1.29, 1.82) is 0 Å². The number of nitrogens with zero attached hydrogens (tertiary/aromatic N) is 4. The summed E-state index contributed by atoms with van der Waals surface area (Å²) < 4.78 is 3.11. The summed E-state index contributed by atoms with van der Waals surface area (Å²) in [6, 6.07) is 6.58. The summed E-state index contributed by atoms with van der Waals surface area (Å²) in [5.41, 5.74) is 2.52. The highest BCUT2D eigenvalue weighted by atomic mass is 15.4. The van der Waals surface area contributed by atoms with Gasteiger partial charge in [0.2, 0.25) is 0 Å². The molecule has 1 aromatic carbocycles. The van der Waals surface area contributed by atoms with Gasteiger partial charge >= 0.3 is 0 Å². The number of aryl methyl sites for hydroxylation is 2. The van der Waals surface area contributed by atoms with E-state index >= 15 is 0 Å². The van der Waals surface area contributed by atoms with E-state index in [0.717, 1.165) is 23.4 Å². The summed E-state index contributed by atoms with van der Waals surface area (Å²) in [7, 11) is 6.64. The molecule has 4 nitrogen and oxygen atoms in total. The van der Waals surface area contributed by atoms with Crippen molar-refractivity contribution in [3.63, 3.8) is 0 Å². The van der Waals surface area contributed by atoms with Gasteiger partial charge in [0, 0.05) is 12.4 Å². The highest BCUT2D eigenvalue weighted by Crippen LogP contribution is 2.27. The van der Waals surface area contributed by atoms with Crippen LogP contribution >= 0.6 is 0 Å². The summed E-state index contributed by atoms with van der Waals surface area (Å²) in [6.45, 7) is 6.69. The average molecular weight is 259 g/mol. The molecule has 0 aliphatic carbocycles. The summed E-state index contributed by atoms with van der Waals surface area (Å²) in [6.07, 6.45) is 0. The molecular formula is C15H23N4+. The zero-order valence-electron chi connectivity index (χ0n) is 12.3. The smallest absolute Gasteiger partial charge is 0.158 e. The first kappa shape index (κ1) is 12.5. The topological polar surface area (TPSA) is 21.1 Å². The molecule has 0 bridgehead atoms. The summed E-state index contributed by atoms with van der Waals surface area (Å²) in [5.74, 6) is 1.15. The van der Waals surface area contributed by atoms with Crippen LogP contribution in [0.25, 0.3) is 10.9 Å². The second-order valence-electron chi connectivity index (χ2n) is 6.34. The lowest BCUT2D eigenvalue weighted by atomic mass is 10.1. The Hall–Kier alpha value is -1.55. The van der Waals surface area contributed by atoms with Crippen LogP contribution in [0.4, 0.5) is 5.82 Å². The predicted molar refractivity (Wildman–Crippen MR) is 79.5 cm³/mol. The fourth-order valence-electron chi connectivity index (χ4n) is 2.81. The van der Waals surface area contributed by atoms with Gasteiger partial charge in [-0.2, -0.15) is 5.10 Å². The zero-order valence-corrected chi connectivity index (χ0v) is 12.3. The highest BCUT2D eigenvalue weighted by molar-refractivity contribution is 5.91. The number of anilines is 1. The van der Waals surface area contributed by atoms with E-state index in [0.29, 0.717) is 0 Å². The van der Waals surface area contributed by atoms with E-state index in [4.69, 9.17) is 5.10 Å². The number of fused-ring (bicyclic) bond motifs is 1. The molecule has 19 heavy (non-hydrogen) atoms. The second-order valence-corrected chi connectivity index (χ2v) is 6.34. The van der Waals surface area contributed by atoms with E-state index in [1.165, 1.54) is 29.6 Å². The molecular weight excluding hydrogens is 236 g/mol. The van der Waals surface area contributed by atoms with Gasteiger partial charge in [-0.3, -0.25) is 4.68 Å². The Kier molecular flexibility index (Phi) is 2.78. The number of likely N-dealkylation sites (N-methyl/N-ethyl adjacent to an activating group) is 1. The van der Waals surface area contributed by atoms with Crippen molar-refractivity contribution in [2.45, 2.75) is 6.92 Å². The van der Waals surface area contributed by atoms with E-state index in [1.54, 1.807) is 0 Å². The van der Waals surface area contributed by atoms with Crippen LogP contribution in [0.15, 0.2) is 18.2 Å². The fraction of sp³-hybridized carbons (Fsp3) is 0.533. The molecule has 0 radical (unpaired) electrons. The zero-order chi connectivity index (χ0) is 13.6. The molecule has 1 aromatic heterocycles. The van der Waals surface area contributed by atoms with Crippen LogP contribution in [0, 0.1) is 6.92 Å². The Bertz CT molecular complexity index is 602. The van der Waals surface area contributed by atoms with Crippen LogP contribution in [0.3, 0.4) is 0 Å². The lowest BCUT2D eigenvalue weighted by Crippen LogP contribution is -2.55. The molecule has 1 fully saturated rings. The molecule has 0 spiro atoms. The lowest BCUT2D eigenvalue weighted by molar-refractivity contribution is -0.890. The first-order valence-corrected chi connectivity index (χ1v) is 6.97. The Morgan fingerprint density at radius 3 is 2.53 bits per heavy atom. The number of piperazine rings is 1. The molecule has 0 atom stereocenters. The van der Waals surface area contributed by atoms with Crippen LogP contribution in [0.1, 0.15) is 5.56 Å². The van der Waals surface area contributed by atoms with Crippen molar-refractivity contribution in [1.82, 2.24) is 9.78 Å². The van der Waals surface area contributed by atoms with E-state index in [-0.39, 0.29) is 0 Å². The van der Waals surface area contributed by atoms with Crippen molar-refractivity contribution >= 4 is 16.7 Å². The maximum atomic E-state index is 4.74. The van der Waals surface area contributed by atoms with Crippen LogP contribution in [0.2, 0.25) is 0 Å². The van der Waals surface area contributed by atoms with Gasteiger partial charge in [0.1, 0.15) is 0 Å². The molecule has 4 heteroatoms. The third-order valence-corrected chi connectivity index (χ3v) is 4.24. The van der Waals surface area contributed by atoms with Crippen LogP contribution in [-0.4, -0.2) is 54.5 Å². The first-order chi connectivity index (χ1) is 8.96. The third kappa shape index (κ3) is 2.21. The third-order valence-electron chi connectivity index (χ3n) is 4.24. The SMILES string of the molecule is Cc1ccc2c(c1)c(N1CC[N+](C)(C)CC1)nn2C. The maximum absolute atomic E-state index is 4.74.